The number of nitrogens with zero attached hydrogens (tertiary/aromatic N) is 2. The van der Waals surface area contributed by atoms with Gasteiger partial charge in [-0.3, -0.25) is 4.79 Å². The van der Waals surface area contributed by atoms with Crippen LogP contribution in [0.1, 0.15) is 10.4 Å². The quantitative estimate of drug-likeness (QED) is 0.755. The molecule has 1 fully saturated rings. The number of ether oxygens (including phenoxy) is 1. The molecule has 0 radical (unpaired) electrons. The van der Waals surface area contributed by atoms with E-state index in [4.69, 9.17) is 39.5 Å². The van der Waals surface area contributed by atoms with Gasteiger partial charge in [0.1, 0.15) is 0 Å². The van der Waals surface area contributed by atoms with E-state index >= 15 is 0 Å². The van der Waals surface area contributed by atoms with E-state index in [-0.39, 0.29) is 5.91 Å². The Morgan fingerprint density at radius 3 is 2.12 bits per heavy atom. The maximum atomic E-state index is 12.7. The zero-order valence-corrected chi connectivity index (χ0v) is 15.9. The zero-order valence-electron chi connectivity index (χ0n) is 13.6. The van der Waals surface area contributed by atoms with Crippen LogP contribution < -0.4 is 9.64 Å². The molecule has 0 spiro atoms. The topological polar surface area (TPSA) is 32.8 Å². The van der Waals surface area contributed by atoms with Gasteiger partial charge >= 0.3 is 0 Å². The van der Waals surface area contributed by atoms with Gasteiger partial charge in [0.2, 0.25) is 0 Å². The van der Waals surface area contributed by atoms with Gasteiger partial charge in [-0.25, -0.2) is 0 Å². The average molecular weight is 400 g/mol. The molecule has 0 aromatic heterocycles. The van der Waals surface area contributed by atoms with Crippen molar-refractivity contribution in [1.29, 1.82) is 0 Å². The molecule has 7 heteroatoms. The number of methoxy groups -OCH3 is 1. The highest BCUT2D eigenvalue weighted by atomic mass is 35.5. The van der Waals surface area contributed by atoms with E-state index in [1.54, 1.807) is 17.0 Å². The van der Waals surface area contributed by atoms with Gasteiger partial charge in [0.05, 0.1) is 27.9 Å². The lowest BCUT2D eigenvalue weighted by molar-refractivity contribution is 0.0747. The fourth-order valence-corrected chi connectivity index (χ4v) is 3.82. The fourth-order valence-electron chi connectivity index (χ4n) is 2.92. The van der Waals surface area contributed by atoms with E-state index in [9.17, 15) is 4.79 Å². The number of piperazine rings is 1. The van der Waals surface area contributed by atoms with Crippen LogP contribution in [-0.2, 0) is 0 Å². The third-order valence-corrected chi connectivity index (χ3v) is 5.09. The number of carbonyl (C=O) groups is 1. The minimum absolute atomic E-state index is 0.0924. The molecule has 2 aromatic rings. The first kappa shape index (κ1) is 18.2. The molecule has 1 heterocycles. The molecule has 1 aliphatic rings. The predicted octanol–water partition coefficient (Wildman–Crippen LogP) is 4.62. The Labute approximate surface area is 161 Å². The molecule has 25 heavy (non-hydrogen) atoms. The SMILES string of the molecule is COc1c(Cl)cc(C(=O)N2CCN(c3ccccc3Cl)CC2)cc1Cl. The second kappa shape index (κ2) is 7.73. The molecule has 1 saturated heterocycles. The molecule has 0 unspecified atom stereocenters. The van der Waals surface area contributed by atoms with Crippen molar-refractivity contribution in [2.75, 3.05) is 38.2 Å². The van der Waals surface area contributed by atoms with Crippen LogP contribution in [0.5, 0.6) is 5.75 Å². The molecule has 132 valence electrons. The standard InChI is InChI=1S/C18H17Cl3N2O2/c1-25-17-14(20)10-12(11-15(17)21)18(24)23-8-6-22(7-9-23)16-5-3-2-4-13(16)19/h2-5,10-11H,6-9H2,1H3. The normalized spacial score (nSPS) is 14.6. The molecule has 2 aromatic carbocycles. The van der Waals surface area contributed by atoms with E-state index in [0.717, 1.165) is 10.7 Å². The Morgan fingerprint density at radius 1 is 0.960 bits per heavy atom. The monoisotopic (exact) mass is 398 g/mol. The van der Waals surface area contributed by atoms with Crippen LogP contribution in [0.15, 0.2) is 36.4 Å². The van der Waals surface area contributed by atoms with Crippen LogP contribution >= 0.6 is 34.8 Å². The number of hydrogen-bond acceptors (Lipinski definition) is 3. The Hall–Kier alpha value is -1.62. The largest absolute Gasteiger partial charge is 0.494 e. The van der Waals surface area contributed by atoms with Crippen molar-refractivity contribution in [3.8, 4) is 5.75 Å². The Kier molecular flexibility index (Phi) is 5.62. The van der Waals surface area contributed by atoms with Gasteiger partial charge in [-0.15, -0.1) is 0 Å². The minimum atomic E-state index is -0.0924. The maximum absolute atomic E-state index is 12.7. The number of halogens is 3. The lowest BCUT2D eigenvalue weighted by atomic mass is 10.1. The molecule has 1 aliphatic heterocycles. The third kappa shape index (κ3) is 3.81. The van der Waals surface area contributed by atoms with E-state index in [2.05, 4.69) is 4.90 Å². The first-order chi connectivity index (χ1) is 12.0. The molecule has 4 nitrogen and oxygen atoms in total. The molecule has 0 bridgehead atoms. The summed E-state index contributed by atoms with van der Waals surface area (Å²) in [6.45, 7) is 2.64. The lowest BCUT2D eigenvalue weighted by Crippen LogP contribution is -2.48. The van der Waals surface area contributed by atoms with Crippen molar-refractivity contribution in [2.24, 2.45) is 0 Å². The number of para-hydroxylation sites is 1. The highest BCUT2D eigenvalue weighted by Crippen LogP contribution is 2.34. The summed E-state index contributed by atoms with van der Waals surface area (Å²) in [6, 6.07) is 10.9. The third-order valence-electron chi connectivity index (χ3n) is 4.21. The van der Waals surface area contributed by atoms with Gasteiger partial charge in [-0.2, -0.15) is 0 Å². The van der Waals surface area contributed by atoms with Crippen LogP contribution in [0.4, 0.5) is 5.69 Å². The number of benzene rings is 2. The van der Waals surface area contributed by atoms with Crippen LogP contribution in [0.3, 0.4) is 0 Å². The van der Waals surface area contributed by atoms with Gasteiger partial charge in [0, 0.05) is 31.7 Å². The van der Waals surface area contributed by atoms with Crippen LogP contribution in [0, 0.1) is 0 Å². The molecular weight excluding hydrogens is 383 g/mol. The Balaban J connectivity index is 1.71. The number of anilines is 1. The predicted molar refractivity (Wildman–Crippen MR) is 103 cm³/mol. The molecule has 0 aliphatic carbocycles. The lowest BCUT2D eigenvalue weighted by Gasteiger charge is -2.36. The van der Waals surface area contributed by atoms with Crippen LogP contribution in [0.2, 0.25) is 15.1 Å². The smallest absolute Gasteiger partial charge is 0.254 e. The van der Waals surface area contributed by atoms with Crippen molar-refractivity contribution in [2.45, 2.75) is 0 Å². The number of hydrogen-bond donors (Lipinski definition) is 0. The van der Waals surface area contributed by atoms with Gasteiger partial charge in [0.25, 0.3) is 5.91 Å². The van der Waals surface area contributed by atoms with E-state index < -0.39 is 0 Å². The van der Waals surface area contributed by atoms with Crippen molar-refractivity contribution in [1.82, 2.24) is 4.90 Å². The summed E-state index contributed by atoms with van der Waals surface area (Å²) in [6.07, 6.45) is 0. The molecule has 0 N–H and O–H groups in total. The summed E-state index contributed by atoms with van der Waals surface area (Å²) >= 11 is 18.5. The summed E-state index contributed by atoms with van der Waals surface area (Å²) in [5.41, 5.74) is 1.45. The summed E-state index contributed by atoms with van der Waals surface area (Å²) < 4.78 is 5.12. The zero-order chi connectivity index (χ0) is 18.0. The van der Waals surface area contributed by atoms with Gasteiger partial charge in [-0.1, -0.05) is 46.9 Å². The van der Waals surface area contributed by atoms with Gasteiger partial charge in [0.15, 0.2) is 5.75 Å². The average Bonchev–Trinajstić information content (AvgIpc) is 2.61. The van der Waals surface area contributed by atoms with Crippen molar-refractivity contribution >= 4 is 46.4 Å². The van der Waals surface area contributed by atoms with Gasteiger partial charge in [-0.05, 0) is 24.3 Å². The first-order valence-corrected chi connectivity index (χ1v) is 8.96. The second-order valence-electron chi connectivity index (χ2n) is 5.70. The molecule has 0 atom stereocenters. The molecule has 1 amide bonds. The summed E-state index contributed by atoms with van der Waals surface area (Å²) in [5.74, 6) is 0.286. The first-order valence-electron chi connectivity index (χ1n) is 7.83. The summed E-state index contributed by atoms with van der Waals surface area (Å²) in [4.78, 5) is 16.7. The molecular formula is C18H17Cl3N2O2. The molecule has 0 saturated carbocycles. The van der Waals surface area contributed by atoms with E-state index in [1.807, 2.05) is 24.3 Å². The number of rotatable bonds is 3. The van der Waals surface area contributed by atoms with Crippen LogP contribution in [0.25, 0.3) is 0 Å². The number of amides is 1. The number of carbonyl (C=O) groups excluding carboxylic acids is 1. The molecule has 3 rings (SSSR count). The fraction of sp³-hybridized carbons (Fsp3) is 0.278. The highest BCUT2D eigenvalue weighted by Gasteiger charge is 2.24. The van der Waals surface area contributed by atoms with Gasteiger partial charge < -0.3 is 14.5 Å². The van der Waals surface area contributed by atoms with Crippen molar-refractivity contribution < 1.29 is 9.53 Å². The minimum Gasteiger partial charge on any atom is -0.494 e. The second-order valence-corrected chi connectivity index (χ2v) is 6.93. The summed E-state index contributed by atoms with van der Waals surface area (Å²) in [5, 5.41) is 1.37. The van der Waals surface area contributed by atoms with Crippen molar-refractivity contribution in [3.05, 3.63) is 57.0 Å². The van der Waals surface area contributed by atoms with E-state index in [0.29, 0.717) is 47.5 Å². The summed E-state index contributed by atoms with van der Waals surface area (Å²) in [7, 11) is 1.49. The Bertz CT molecular complexity index is 767. The van der Waals surface area contributed by atoms with Crippen molar-refractivity contribution in [3.63, 3.8) is 0 Å². The highest BCUT2D eigenvalue weighted by molar-refractivity contribution is 6.37. The Morgan fingerprint density at radius 2 is 1.56 bits per heavy atom. The van der Waals surface area contributed by atoms with E-state index in [1.165, 1.54) is 7.11 Å². The van der Waals surface area contributed by atoms with Crippen LogP contribution in [-0.4, -0.2) is 44.1 Å². The maximum Gasteiger partial charge on any atom is 0.254 e.